The molecule has 0 aliphatic carbocycles. The minimum Gasteiger partial charge on any atom is -0.217 e. The minimum atomic E-state index is 0.274. The molecule has 2 heteroatoms. The summed E-state index contributed by atoms with van der Waals surface area (Å²) in [5.74, 6) is 0.570. The number of hydrogen-bond donors (Lipinski definition) is 1. The normalized spacial score (nSPS) is 14.1. The van der Waals surface area contributed by atoms with Gasteiger partial charge in [0.25, 0.3) is 0 Å². The largest absolute Gasteiger partial charge is 0.217 e. The van der Waals surface area contributed by atoms with Crippen LogP contribution in [0.4, 0.5) is 0 Å². The van der Waals surface area contributed by atoms with Crippen LogP contribution in [0.25, 0.3) is 0 Å². The van der Waals surface area contributed by atoms with E-state index >= 15 is 0 Å². The number of quaternary nitrogens is 1. The highest BCUT2D eigenvalue weighted by Gasteiger charge is 2.23. The zero-order chi connectivity index (χ0) is 19.5. The number of rotatable bonds is 20. The topological polar surface area (TPSA) is 20.2 Å². The van der Waals surface area contributed by atoms with Crippen LogP contribution in [0.15, 0.2) is 0 Å². The summed E-state index contributed by atoms with van der Waals surface area (Å²) >= 11 is 0. The van der Waals surface area contributed by atoms with Crippen molar-refractivity contribution in [2.75, 3.05) is 19.6 Å². The Morgan fingerprint density at radius 3 is 1.23 bits per heavy atom. The third kappa shape index (κ3) is 17.3. The average molecular weight is 371 g/mol. The molecule has 0 saturated heterocycles. The van der Waals surface area contributed by atoms with Crippen molar-refractivity contribution in [2.24, 2.45) is 5.92 Å². The Labute approximate surface area is 166 Å². The van der Waals surface area contributed by atoms with Gasteiger partial charge in [-0.3, -0.25) is 0 Å². The smallest absolute Gasteiger partial charge is 0.111 e. The second-order valence-corrected chi connectivity index (χ2v) is 9.01. The van der Waals surface area contributed by atoms with Crippen LogP contribution < -0.4 is 0 Å². The first-order chi connectivity index (χ1) is 12.5. The highest BCUT2D eigenvalue weighted by atomic mass is 16.5. The fourth-order valence-corrected chi connectivity index (χ4v) is 4.01. The lowest BCUT2D eigenvalue weighted by Gasteiger charge is -2.30. The Morgan fingerprint density at radius 1 is 0.577 bits per heavy atom. The molecule has 0 fully saturated rings. The van der Waals surface area contributed by atoms with Crippen LogP contribution in [0.3, 0.4) is 0 Å². The summed E-state index contributed by atoms with van der Waals surface area (Å²) in [4.78, 5) is 0. The molecule has 0 aliphatic rings. The highest BCUT2D eigenvalue weighted by molar-refractivity contribution is 4.50. The molecule has 0 saturated carbocycles. The highest BCUT2D eigenvalue weighted by Crippen LogP contribution is 2.15. The predicted molar refractivity (Wildman–Crippen MR) is 117 cm³/mol. The van der Waals surface area contributed by atoms with Crippen molar-refractivity contribution in [2.45, 2.75) is 130 Å². The molecule has 0 radical (unpaired) electrons. The molecule has 0 aromatic carbocycles. The summed E-state index contributed by atoms with van der Waals surface area (Å²) in [6.07, 6.45) is 22.5. The van der Waals surface area contributed by atoms with Gasteiger partial charge in [0.2, 0.25) is 0 Å². The third-order valence-electron chi connectivity index (χ3n) is 5.72. The van der Waals surface area contributed by atoms with E-state index in [1.165, 1.54) is 103 Å². The van der Waals surface area contributed by atoms with Gasteiger partial charge in [0.05, 0.1) is 0 Å². The van der Waals surface area contributed by atoms with Crippen LogP contribution >= 0.6 is 0 Å². The Balaban J connectivity index is 3.26. The van der Waals surface area contributed by atoms with Crippen molar-refractivity contribution in [3.63, 3.8) is 0 Å². The summed E-state index contributed by atoms with van der Waals surface area (Å²) in [7, 11) is 0. The molecule has 1 unspecified atom stereocenters. The molecule has 1 N–H and O–H groups in total. The van der Waals surface area contributed by atoms with Crippen LogP contribution in [0.2, 0.25) is 0 Å². The minimum absolute atomic E-state index is 0.274. The van der Waals surface area contributed by atoms with Crippen LogP contribution in [0, 0.1) is 5.92 Å². The van der Waals surface area contributed by atoms with Gasteiger partial charge in [-0.1, -0.05) is 111 Å². The number of nitrogens with zero attached hydrogens (tertiary/aromatic N) is 1. The molecule has 0 aromatic rings. The monoisotopic (exact) mass is 370 g/mol. The summed E-state index contributed by atoms with van der Waals surface area (Å²) in [5, 5.41) is 10.5. The molecule has 2 nitrogen and oxygen atoms in total. The molecule has 0 amide bonds. The van der Waals surface area contributed by atoms with Crippen molar-refractivity contribution in [3.8, 4) is 0 Å². The van der Waals surface area contributed by atoms with E-state index in [0.717, 1.165) is 19.6 Å². The SMILES string of the molecule is CCCCCCCCCCCCCCCCCC[N+](O)(CC)CC(C)C. The first-order valence-corrected chi connectivity index (χ1v) is 12.1. The number of hydrogen-bond acceptors (Lipinski definition) is 1. The van der Waals surface area contributed by atoms with Crippen molar-refractivity contribution in [1.82, 2.24) is 0 Å². The molecule has 158 valence electrons. The third-order valence-corrected chi connectivity index (χ3v) is 5.72. The zero-order valence-electron chi connectivity index (χ0n) is 18.9. The van der Waals surface area contributed by atoms with Crippen molar-refractivity contribution < 1.29 is 9.85 Å². The van der Waals surface area contributed by atoms with E-state index in [1.807, 2.05) is 0 Å². The average Bonchev–Trinajstić information content (AvgIpc) is 2.60. The fourth-order valence-electron chi connectivity index (χ4n) is 4.01. The molecule has 0 bridgehead atoms. The number of hydroxylamine groups is 3. The molecule has 26 heavy (non-hydrogen) atoms. The maximum absolute atomic E-state index is 10.5. The molecule has 1 atom stereocenters. The lowest BCUT2D eigenvalue weighted by Crippen LogP contribution is -2.47. The summed E-state index contributed by atoms with van der Waals surface area (Å²) < 4.78 is 0.274. The lowest BCUT2D eigenvalue weighted by molar-refractivity contribution is -1.10. The molecular formula is C24H52NO+. The van der Waals surface area contributed by atoms with E-state index in [2.05, 4.69) is 27.7 Å². The molecular weight excluding hydrogens is 318 g/mol. The van der Waals surface area contributed by atoms with Crippen LogP contribution in [-0.4, -0.2) is 29.5 Å². The maximum Gasteiger partial charge on any atom is 0.111 e. The number of unbranched alkanes of at least 4 members (excludes halogenated alkanes) is 15. The first kappa shape index (κ1) is 25.9. The molecule has 0 spiro atoms. The predicted octanol–water partition coefficient (Wildman–Crippen LogP) is 8.13. The Hall–Kier alpha value is -0.0800. The summed E-state index contributed by atoms with van der Waals surface area (Å²) in [5.41, 5.74) is 0. The van der Waals surface area contributed by atoms with Crippen molar-refractivity contribution >= 4 is 0 Å². The quantitative estimate of drug-likeness (QED) is 0.130. The zero-order valence-corrected chi connectivity index (χ0v) is 18.9. The van der Waals surface area contributed by atoms with Gasteiger partial charge in [0.1, 0.15) is 19.6 Å². The van der Waals surface area contributed by atoms with Gasteiger partial charge < -0.3 is 0 Å². The Kier molecular flexibility index (Phi) is 18.2. The maximum atomic E-state index is 10.5. The molecule has 0 rings (SSSR count). The van der Waals surface area contributed by atoms with E-state index in [4.69, 9.17) is 0 Å². The van der Waals surface area contributed by atoms with Gasteiger partial charge in [0.15, 0.2) is 0 Å². The standard InChI is InChI=1S/C24H52NO/c1-5-7-8-9-10-11-12-13-14-15-16-17-18-19-20-21-22-25(26,6-2)23-24(3)4/h24,26H,5-23H2,1-4H3/q+1. The Morgan fingerprint density at radius 2 is 0.923 bits per heavy atom. The van der Waals surface area contributed by atoms with Crippen molar-refractivity contribution in [3.05, 3.63) is 0 Å². The van der Waals surface area contributed by atoms with E-state index in [1.54, 1.807) is 0 Å². The van der Waals surface area contributed by atoms with E-state index in [0.29, 0.717) is 5.92 Å². The molecule has 0 heterocycles. The lowest BCUT2D eigenvalue weighted by atomic mass is 10.0. The van der Waals surface area contributed by atoms with Crippen LogP contribution in [-0.2, 0) is 0 Å². The van der Waals surface area contributed by atoms with Gasteiger partial charge >= 0.3 is 0 Å². The summed E-state index contributed by atoms with van der Waals surface area (Å²) in [6.45, 7) is 11.5. The van der Waals surface area contributed by atoms with Crippen molar-refractivity contribution in [1.29, 1.82) is 0 Å². The van der Waals surface area contributed by atoms with Gasteiger partial charge in [-0.2, -0.15) is 4.65 Å². The summed E-state index contributed by atoms with van der Waals surface area (Å²) in [6, 6.07) is 0. The fraction of sp³-hybridized carbons (Fsp3) is 1.00. The molecule has 0 aromatic heterocycles. The van der Waals surface area contributed by atoms with E-state index < -0.39 is 0 Å². The van der Waals surface area contributed by atoms with Crippen LogP contribution in [0.1, 0.15) is 130 Å². The second kappa shape index (κ2) is 18.3. The van der Waals surface area contributed by atoms with Gasteiger partial charge in [-0.05, 0) is 19.8 Å². The van der Waals surface area contributed by atoms with E-state index in [-0.39, 0.29) is 4.65 Å². The van der Waals surface area contributed by atoms with Gasteiger partial charge in [-0.25, -0.2) is 5.21 Å². The second-order valence-electron chi connectivity index (χ2n) is 9.01. The van der Waals surface area contributed by atoms with Gasteiger partial charge in [0, 0.05) is 5.92 Å². The first-order valence-electron chi connectivity index (χ1n) is 12.1. The molecule has 0 aliphatic heterocycles. The van der Waals surface area contributed by atoms with Crippen LogP contribution in [0.5, 0.6) is 0 Å². The Bertz CT molecular complexity index is 279. The van der Waals surface area contributed by atoms with Gasteiger partial charge in [-0.15, -0.1) is 0 Å². The van der Waals surface area contributed by atoms with E-state index in [9.17, 15) is 5.21 Å².